The first-order valence-corrected chi connectivity index (χ1v) is 11.1. The maximum Gasteiger partial charge on any atom is 0.263 e. The lowest BCUT2D eigenvalue weighted by atomic mass is 10.2. The monoisotopic (exact) mass is 438 g/mol. The zero-order valence-electron chi connectivity index (χ0n) is 15.5. The number of carbonyl (C=O) groups excluding carboxylic acids is 1. The molecule has 0 aliphatic carbocycles. The minimum Gasteiger partial charge on any atom is -0.486 e. The van der Waals surface area contributed by atoms with E-state index in [-0.39, 0.29) is 24.9 Å². The lowest BCUT2D eigenvalue weighted by Crippen LogP contribution is -2.52. The fourth-order valence-corrected chi connectivity index (χ4v) is 4.24. The third-order valence-corrected chi connectivity index (χ3v) is 5.94. The van der Waals surface area contributed by atoms with Gasteiger partial charge in [0, 0.05) is 5.02 Å². The van der Waals surface area contributed by atoms with Crippen LogP contribution in [-0.2, 0) is 14.8 Å². The first-order chi connectivity index (χ1) is 13.8. The first kappa shape index (κ1) is 19.7. The van der Waals surface area contributed by atoms with Crippen LogP contribution in [-0.4, -0.2) is 52.5 Å². The molecule has 2 aliphatic heterocycles. The molecular formula is C19H19ClN2O6S. The molecule has 2 heterocycles. The highest BCUT2D eigenvalue weighted by Crippen LogP contribution is 2.37. The summed E-state index contributed by atoms with van der Waals surface area (Å²) in [6, 6.07) is 11.9. The SMILES string of the molecule is CS(=O)(=O)N1C[C@@H](C(=O)NC[C@H]2COc3ccccc3O2)Oc2ccc(Cl)cc21. The van der Waals surface area contributed by atoms with Crippen molar-refractivity contribution in [3.05, 3.63) is 47.5 Å². The number of ether oxygens (including phenoxy) is 3. The van der Waals surface area contributed by atoms with Gasteiger partial charge in [-0.25, -0.2) is 8.42 Å². The first-order valence-electron chi connectivity index (χ1n) is 8.91. The number of benzene rings is 2. The molecule has 0 aromatic heterocycles. The summed E-state index contributed by atoms with van der Waals surface area (Å²) in [6.45, 7) is 0.335. The summed E-state index contributed by atoms with van der Waals surface area (Å²) in [6.07, 6.45) is -0.299. The van der Waals surface area contributed by atoms with E-state index < -0.39 is 22.0 Å². The topological polar surface area (TPSA) is 94.2 Å². The molecule has 0 fully saturated rings. The van der Waals surface area contributed by atoms with Crippen LogP contribution in [0.1, 0.15) is 0 Å². The van der Waals surface area contributed by atoms with E-state index in [4.69, 9.17) is 25.8 Å². The number of amides is 1. The zero-order chi connectivity index (χ0) is 20.6. The maximum absolute atomic E-state index is 12.7. The number of carbonyl (C=O) groups is 1. The fourth-order valence-electron chi connectivity index (χ4n) is 3.17. The van der Waals surface area contributed by atoms with Crippen molar-refractivity contribution < 1.29 is 27.4 Å². The molecule has 0 saturated carbocycles. The van der Waals surface area contributed by atoms with Crippen LogP contribution < -0.4 is 23.8 Å². The Kier molecular flexibility index (Phi) is 5.18. The van der Waals surface area contributed by atoms with Crippen LogP contribution in [0.4, 0.5) is 5.69 Å². The number of nitrogens with one attached hydrogen (secondary N) is 1. The second-order valence-electron chi connectivity index (χ2n) is 6.76. The van der Waals surface area contributed by atoms with E-state index in [0.29, 0.717) is 28.8 Å². The molecule has 2 aromatic rings. The summed E-state index contributed by atoms with van der Waals surface area (Å²) >= 11 is 5.98. The van der Waals surface area contributed by atoms with Crippen molar-refractivity contribution in [2.75, 3.05) is 30.3 Å². The van der Waals surface area contributed by atoms with Gasteiger partial charge in [-0.1, -0.05) is 23.7 Å². The summed E-state index contributed by atoms with van der Waals surface area (Å²) in [5.41, 5.74) is 0.310. The number of anilines is 1. The number of rotatable bonds is 4. The molecule has 1 N–H and O–H groups in total. The van der Waals surface area contributed by atoms with E-state index in [1.807, 2.05) is 18.2 Å². The normalized spacial score (nSPS) is 20.4. The molecule has 2 atom stereocenters. The van der Waals surface area contributed by atoms with Crippen LogP contribution in [0.3, 0.4) is 0 Å². The number of para-hydroxylation sites is 2. The van der Waals surface area contributed by atoms with Crippen molar-refractivity contribution in [2.24, 2.45) is 0 Å². The highest BCUT2D eigenvalue weighted by atomic mass is 35.5. The predicted octanol–water partition coefficient (Wildman–Crippen LogP) is 1.82. The molecule has 2 aromatic carbocycles. The number of fused-ring (bicyclic) bond motifs is 2. The molecule has 4 rings (SSSR count). The van der Waals surface area contributed by atoms with E-state index in [0.717, 1.165) is 10.6 Å². The molecule has 0 unspecified atom stereocenters. The van der Waals surface area contributed by atoms with Crippen molar-refractivity contribution in [1.82, 2.24) is 5.32 Å². The highest BCUT2D eigenvalue weighted by Gasteiger charge is 2.35. The number of nitrogens with zero attached hydrogens (tertiary/aromatic N) is 1. The second kappa shape index (κ2) is 7.64. The molecule has 29 heavy (non-hydrogen) atoms. The largest absolute Gasteiger partial charge is 0.486 e. The molecule has 0 saturated heterocycles. The van der Waals surface area contributed by atoms with Crippen LogP contribution in [0.25, 0.3) is 0 Å². The van der Waals surface area contributed by atoms with Gasteiger partial charge in [0.2, 0.25) is 10.0 Å². The van der Waals surface area contributed by atoms with Gasteiger partial charge < -0.3 is 19.5 Å². The third-order valence-electron chi connectivity index (χ3n) is 4.55. The molecular weight excluding hydrogens is 420 g/mol. The van der Waals surface area contributed by atoms with E-state index in [1.165, 1.54) is 6.07 Å². The van der Waals surface area contributed by atoms with Gasteiger partial charge in [0.25, 0.3) is 5.91 Å². The van der Waals surface area contributed by atoms with Crippen molar-refractivity contribution >= 4 is 33.2 Å². The van der Waals surface area contributed by atoms with Crippen molar-refractivity contribution in [1.29, 1.82) is 0 Å². The minimum atomic E-state index is -3.62. The number of sulfonamides is 1. The molecule has 154 valence electrons. The smallest absolute Gasteiger partial charge is 0.263 e. The van der Waals surface area contributed by atoms with Gasteiger partial charge in [-0.3, -0.25) is 9.10 Å². The van der Waals surface area contributed by atoms with Gasteiger partial charge >= 0.3 is 0 Å². The van der Waals surface area contributed by atoms with Gasteiger partial charge in [0.1, 0.15) is 18.5 Å². The van der Waals surface area contributed by atoms with Gasteiger partial charge in [-0.15, -0.1) is 0 Å². The van der Waals surface area contributed by atoms with Crippen molar-refractivity contribution in [3.63, 3.8) is 0 Å². The predicted molar refractivity (Wildman–Crippen MR) is 107 cm³/mol. The van der Waals surface area contributed by atoms with Crippen LogP contribution >= 0.6 is 11.6 Å². The average molecular weight is 439 g/mol. The molecule has 1 amide bonds. The Bertz CT molecular complexity index is 1040. The number of hydrogen-bond donors (Lipinski definition) is 1. The highest BCUT2D eigenvalue weighted by molar-refractivity contribution is 7.92. The lowest BCUT2D eigenvalue weighted by Gasteiger charge is -2.34. The number of hydrogen-bond acceptors (Lipinski definition) is 6. The molecule has 0 bridgehead atoms. The maximum atomic E-state index is 12.7. The molecule has 10 heteroatoms. The van der Waals surface area contributed by atoms with Gasteiger partial charge in [0.05, 0.1) is 25.0 Å². The van der Waals surface area contributed by atoms with Crippen molar-refractivity contribution in [2.45, 2.75) is 12.2 Å². The van der Waals surface area contributed by atoms with E-state index in [1.54, 1.807) is 18.2 Å². The molecule has 2 aliphatic rings. The Morgan fingerprint density at radius 1 is 1.17 bits per heavy atom. The third kappa shape index (κ3) is 4.20. The average Bonchev–Trinajstić information content (AvgIpc) is 2.70. The van der Waals surface area contributed by atoms with Crippen LogP contribution in [0.5, 0.6) is 17.2 Å². The minimum absolute atomic E-state index is 0.150. The zero-order valence-corrected chi connectivity index (χ0v) is 17.1. The fraction of sp³-hybridized carbons (Fsp3) is 0.316. The summed E-state index contributed by atoms with van der Waals surface area (Å²) in [5, 5.41) is 3.12. The van der Waals surface area contributed by atoms with E-state index in [9.17, 15) is 13.2 Å². The Balaban J connectivity index is 1.43. The lowest BCUT2D eigenvalue weighted by molar-refractivity contribution is -0.128. The molecule has 0 radical (unpaired) electrons. The second-order valence-corrected chi connectivity index (χ2v) is 9.10. The van der Waals surface area contributed by atoms with Crippen LogP contribution in [0.15, 0.2) is 42.5 Å². The Hall–Kier alpha value is -2.65. The Labute approximate surface area is 173 Å². The van der Waals surface area contributed by atoms with E-state index in [2.05, 4.69) is 5.32 Å². The summed E-state index contributed by atoms with van der Waals surface area (Å²) < 4.78 is 42.7. The standard InChI is InChI=1S/C19H19ClN2O6S/c1-29(24,25)22-10-18(28-15-7-6-12(20)8-14(15)22)19(23)21-9-13-11-26-16-4-2-3-5-17(16)27-13/h2-8,13,18H,9-11H2,1H3,(H,21,23)/t13-,18-/m0/s1. The molecule has 8 nitrogen and oxygen atoms in total. The van der Waals surface area contributed by atoms with E-state index >= 15 is 0 Å². The summed E-state index contributed by atoms with van der Waals surface area (Å²) in [5.74, 6) is 1.10. The van der Waals surface area contributed by atoms with Gasteiger partial charge in [-0.2, -0.15) is 0 Å². The summed E-state index contributed by atoms with van der Waals surface area (Å²) in [4.78, 5) is 12.7. The van der Waals surface area contributed by atoms with Crippen LogP contribution in [0, 0.1) is 0 Å². The Morgan fingerprint density at radius 3 is 2.69 bits per heavy atom. The Morgan fingerprint density at radius 2 is 1.93 bits per heavy atom. The van der Waals surface area contributed by atoms with Gasteiger partial charge in [0.15, 0.2) is 17.6 Å². The quantitative estimate of drug-likeness (QED) is 0.782. The van der Waals surface area contributed by atoms with Gasteiger partial charge in [-0.05, 0) is 30.3 Å². The van der Waals surface area contributed by atoms with Crippen LogP contribution in [0.2, 0.25) is 5.02 Å². The molecule has 0 spiro atoms. The summed E-state index contributed by atoms with van der Waals surface area (Å²) in [7, 11) is -3.62. The van der Waals surface area contributed by atoms with Crippen molar-refractivity contribution in [3.8, 4) is 17.2 Å². The number of halogens is 1.